The Morgan fingerprint density at radius 2 is 0.875 bits per heavy atom. The maximum Gasteiger partial charge on any atom is 0.0548 e. The van der Waals surface area contributed by atoms with E-state index in [0.29, 0.717) is 0 Å². The fourth-order valence-electron chi connectivity index (χ4n) is 8.79. The molecule has 0 radical (unpaired) electrons. The molecule has 56 heavy (non-hydrogen) atoms. The maximum atomic E-state index is 2.45. The Morgan fingerprint density at radius 3 is 1.59 bits per heavy atom. The number of fused-ring (bicyclic) bond motifs is 8. The van der Waals surface area contributed by atoms with Crippen LogP contribution in [0.3, 0.4) is 0 Å². The lowest BCUT2D eigenvalue weighted by atomic mass is 9.98. The lowest BCUT2D eigenvalue weighted by molar-refractivity contribution is 1.25. The zero-order valence-corrected chi connectivity index (χ0v) is 30.7. The third kappa shape index (κ3) is 5.19. The van der Waals surface area contributed by atoms with Crippen LogP contribution in [0.4, 0.5) is 17.1 Å². The molecule has 0 bridgehead atoms. The quantitative estimate of drug-likeness (QED) is 0.156. The summed E-state index contributed by atoms with van der Waals surface area (Å²) in [7, 11) is 0. The normalized spacial score (nSPS) is 11.6. The Balaban J connectivity index is 1.11. The first-order chi connectivity index (χ1) is 27.8. The molecule has 2 heterocycles. The van der Waals surface area contributed by atoms with E-state index in [4.69, 9.17) is 0 Å². The van der Waals surface area contributed by atoms with Gasteiger partial charge in [0.05, 0.1) is 22.4 Å². The van der Waals surface area contributed by atoms with E-state index >= 15 is 0 Å². The maximum absolute atomic E-state index is 2.45. The van der Waals surface area contributed by atoms with Crippen LogP contribution in [0.1, 0.15) is 0 Å². The zero-order chi connectivity index (χ0) is 37.0. The van der Waals surface area contributed by atoms with Crippen LogP contribution in [0.2, 0.25) is 0 Å². The molecule has 0 saturated carbocycles. The number of hydrogen-bond donors (Lipinski definition) is 0. The summed E-state index contributed by atoms with van der Waals surface area (Å²) in [5.74, 6) is 0. The predicted octanol–water partition coefficient (Wildman–Crippen LogP) is 15.0. The molecule has 0 amide bonds. The van der Waals surface area contributed by atoms with Gasteiger partial charge in [0.25, 0.3) is 0 Å². The van der Waals surface area contributed by atoms with Gasteiger partial charge in [-0.15, -0.1) is 0 Å². The Labute approximate surface area is 325 Å². The SMILES string of the molecule is c1ccc(-c2ccc(N(c3ccc(-c4cccc5c(-c6ccccc6)c6c7ccccc7ccc6n45)cc3)c3cc4ccccc4c4ccccc34)cc2)cc1. The van der Waals surface area contributed by atoms with E-state index in [1.54, 1.807) is 0 Å². The predicted molar refractivity (Wildman–Crippen MR) is 238 cm³/mol. The van der Waals surface area contributed by atoms with Gasteiger partial charge < -0.3 is 9.30 Å². The van der Waals surface area contributed by atoms with Gasteiger partial charge in [0, 0.05) is 27.7 Å². The molecule has 0 atom stereocenters. The second-order valence-electron chi connectivity index (χ2n) is 14.5. The molecule has 0 N–H and O–H groups in total. The molecule has 0 aliphatic carbocycles. The van der Waals surface area contributed by atoms with Crippen molar-refractivity contribution in [1.29, 1.82) is 0 Å². The van der Waals surface area contributed by atoms with E-state index in [1.165, 1.54) is 71.0 Å². The summed E-state index contributed by atoms with van der Waals surface area (Å²) < 4.78 is 2.45. The van der Waals surface area contributed by atoms with Crippen LogP contribution in [0.15, 0.2) is 218 Å². The van der Waals surface area contributed by atoms with Gasteiger partial charge in [0.1, 0.15) is 0 Å². The molecule has 0 aliphatic heterocycles. The Kier molecular flexibility index (Phi) is 7.53. The number of pyridine rings is 1. The molecule has 0 fully saturated rings. The fraction of sp³-hybridized carbons (Fsp3) is 0. The van der Waals surface area contributed by atoms with Gasteiger partial charge in [-0.2, -0.15) is 0 Å². The van der Waals surface area contributed by atoms with Gasteiger partial charge in [-0.25, -0.2) is 0 Å². The van der Waals surface area contributed by atoms with Crippen LogP contribution in [-0.2, 0) is 0 Å². The fourth-order valence-corrected chi connectivity index (χ4v) is 8.79. The topological polar surface area (TPSA) is 7.65 Å². The van der Waals surface area contributed by atoms with Crippen LogP contribution in [0, 0.1) is 0 Å². The second kappa shape index (κ2) is 13.2. The second-order valence-corrected chi connectivity index (χ2v) is 14.5. The van der Waals surface area contributed by atoms with E-state index in [9.17, 15) is 0 Å². The number of anilines is 3. The van der Waals surface area contributed by atoms with Crippen molar-refractivity contribution in [3.05, 3.63) is 218 Å². The van der Waals surface area contributed by atoms with Gasteiger partial charge in [0.15, 0.2) is 0 Å². The summed E-state index contributed by atoms with van der Waals surface area (Å²) in [6.45, 7) is 0. The molecule has 2 heteroatoms. The van der Waals surface area contributed by atoms with Gasteiger partial charge in [-0.1, -0.05) is 170 Å². The smallest absolute Gasteiger partial charge is 0.0548 e. The molecule has 0 saturated heterocycles. The van der Waals surface area contributed by atoms with Crippen molar-refractivity contribution >= 4 is 65.8 Å². The number of benzene rings is 9. The van der Waals surface area contributed by atoms with E-state index < -0.39 is 0 Å². The first-order valence-electron chi connectivity index (χ1n) is 19.3. The molecule has 0 aliphatic rings. The molecule has 0 spiro atoms. The first-order valence-corrected chi connectivity index (χ1v) is 19.3. The molecule has 9 aromatic carbocycles. The van der Waals surface area contributed by atoms with E-state index in [0.717, 1.165) is 28.3 Å². The summed E-state index contributed by atoms with van der Waals surface area (Å²) in [4.78, 5) is 2.42. The van der Waals surface area contributed by atoms with Gasteiger partial charge >= 0.3 is 0 Å². The van der Waals surface area contributed by atoms with Crippen molar-refractivity contribution in [1.82, 2.24) is 4.40 Å². The van der Waals surface area contributed by atoms with Crippen LogP contribution in [0.5, 0.6) is 0 Å². The van der Waals surface area contributed by atoms with Crippen LogP contribution in [-0.4, -0.2) is 4.40 Å². The van der Waals surface area contributed by atoms with E-state index in [2.05, 4.69) is 228 Å². The number of hydrogen-bond acceptors (Lipinski definition) is 1. The summed E-state index contributed by atoms with van der Waals surface area (Å²) in [6.07, 6.45) is 0. The number of rotatable bonds is 6. The first kappa shape index (κ1) is 32.0. The van der Waals surface area contributed by atoms with E-state index in [-0.39, 0.29) is 0 Å². The minimum Gasteiger partial charge on any atom is -0.310 e. The van der Waals surface area contributed by atoms with Crippen molar-refractivity contribution in [3.8, 4) is 33.5 Å². The largest absolute Gasteiger partial charge is 0.310 e. The monoisotopic (exact) mass is 712 g/mol. The minimum absolute atomic E-state index is 1.10. The molecular weight excluding hydrogens is 677 g/mol. The third-order valence-electron chi connectivity index (χ3n) is 11.3. The molecular formula is C54H36N2. The molecule has 11 rings (SSSR count). The summed E-state index contributed by atoms with van der Waals surface area (Å²) in [5.41, 5.74) is 13.0. The Morgan fingerprint density at radius 1 is 0.321 bits per heavy atom. The lowest BCUT2D eigenvalue weighted by Crippen LogP contribution is -2.10. The van der Waals surface area contributed by atoms with Gasteiger partial charge in [0.2, 0.25) is 0 Å². The number of nitrogens with zero attached hydrogens (tertiary/aromatic N) is 2. The zero-order valence-electron chi connectivity index (χ0n) is 30.7. The van der Waals surface area contributed by atoms with Gasteiger partial charge in [-0.3, -0.25) is 0 Å². The van der Waals surface area contributed by atoms with Crippen molar-refractivity contribution in [3.63, 3.8) is 0 Å². The van der Waals surface area contributed by atoms with Crippen molar-refractivity contribution in [2.75, 3.05) is 4.90 Å². The molecule has 11 aromatic rings. The van der Waals surface area contributed by atoms with Crippen molar-refractivity contribution in [2.24, 2.45) is 0 Å². The molecule has 2 aromatic heterocycles. The highest BCUT2D eigenvalue weighted by Gasteiger charge is 2.21. The van der Waals surface area contributed by atoms with Crippen LogP contribution >= 0.6 is 0 Å². The lowest BCUT2D eigenvalue weighted by Gasteiger charge is -2.28. The summed E-state index contributed by atoms with van der Waals surface area (Å²) in [6, 6.07) is 79.4. The van der Waals surface area contributed by atoms with Gasteiger partial charge in [-0.05, 0) is 97.7 Å². The highest BCUT2D eigenvalue weighted by Crippen LogP contribution is 2.44. The highest BCUT2D eigenvalue weighted by molar-refractivity contribution is 6.19. The molecule has 2 nitrogen and oxygen atoms in total. The number of aromatic nitrogens is 1. The molecule has 0 unspecified atom stereocenters. The van der Waals surface area contributed by atoms with Crippen LogP contribution < -0.4 is 4.90 Å². The Hall–Kier alpha value is -7.42. The van der Waals surface area contributed by atoms with Crippen molar-refractivity contribution < 1.29 is 0 Å². The summed E-state index contributed by atoms with van der Waals surface area (Å²) in [5, 5.41) is 8.74. The summed E-state index contributed by atoms with van der Waals surface area (Å²) >= 11 is 0. The molecule has 262 valence electrons. The standard InChI is InChI=1S/C54H36N2/c1-3-14-37(15-4-1)38-26-31-43(32-27-38)55(52-36-42-19-8-9-20-45(42)47-22-11-12-23-48(47)52)44-33-28-40(29-34-44)49-24-13-25-50-53(41-17-5-2-6-18-41)54-46-21-10-7-16-39(46)30-35-51(54)56(49)50/h1-36H. The van der Waals surface area contributed by atoms with Crippen molar-refractivity contribution in [2.45, 2.75) is 0 Å². The van der Waals surface area contributed by atoms with E-state index in [1.807, 2.05) is 0 Å². The van der Waals surface area contributed by atoms with Crippen LogP contribution in [0.25, 0.3) is 82.2 Å². The average Bonchev–Trinajstić information content (AvgIpc) is 3.63. The highest BCUT2D eigenvalue weighted by atomic mass is 15.1. The average molecular weight is 713 g/mol. The minimum atomic E-state index is 1.10. The Bertz CT molecular complexity index is 3210. The third-order valence-corrected chi connectivity index (χ3v) is 11.3.